The van der Waals surface area contributed by atoms with E-state index >= 15 is 0 Å². The number of methoxy groups -OCH3 is 1. The summed E-state index contributed by atoms with van der Waals surface area (Å²) < 4.78 is 5.88. The Morgan fingerprint density at radius 3 is 2.41 bits per heavy atom. The topological polar surface area (TPSA) is 142 Å². The minimum Gasteiger partial charge on any atom is -0.503 e. The zero-order valence-electron chi connectivity index (χ0n) is 20.5. The number of aliphatic carboxylic acids is 1. The van der Waals surface area contributed by atoms with Gasteiger partial charge in [0.25, 0.3) is 11.8 Å². The summed E-state index contributed by atoms with van der Waals surface area (Å²) in [6.07, 6.45) is 1.32. The number of imide groups is 2. The molecule has 2 aliphatic carbocycles. The number of alkyl halides is 2. The number of nitrogens with zero attached hydrogens (tertiary/aromatic N) is 2. The first-order valence-electron chi connectivity index (χ1n) is 11.9. The van der Waals surface area contributed by atoms with Crippen LogP contribution in [-0.2, 0) is 24.0 Å². The summed E-state index contributed by atoms with van der Waals surface area (Å²) in [5, 5.41) is 19.6. The van der Waals surface area contributed by atoms with E-state index < -0.39 is 69.4 Å². The van der Waals surface area contributed by atoms with Crippen LogP contribution in [0.15, 0.2) is 26.7 Å². The molecule has 0 spiro atoms. The van der Waals surface area contributed by atoms with Gasteiger partial charge in [-0.3, -0.25) is 33.8 Å². The van der Waals surface area contributed by atoms with Gasteiger partial charge in [0.1, 0.15) is 0 Å². The monoisotopic (exact) mass is 706 g/mol. The van der Waals surface area contributed by atoms with E-state index in [4.69, 9.17) is 33.0 Å². The average molecular weight is 709 g/mol. The highest BCUT2D eigenvalue weighted by Gasteiger charge is 2.76. The van der Waals surface area contributed by atoms with Crippen molar-refractivity contribution in [2.45, 2.75) is 34.9 Å². The van der Waals surface area contributed by atoms with Crippen LogP contribution in [0, 0.1) is 17.8 Å². The lowest BCUT2D eigenvalue weighted by atomic mass is 9.56. The van der Waals surface area contributed by atoms with Gasteiger partial charge < -0.3 is 14.9 Å². The van der Waals surface area contributed by atoms with Gasteiger partial charge in [0.15, 0.2) is 21.2 Å². The van der Waals surface area contributed by atoms with E-state index in [9.17, 15) is 29.1 Å². The zero-order chi connectivity index (χ0) is 28.8. The number of halogens is 4. The lowest BCUT2D eigenvalue weighted by molar-refractivity contribution is -0.143. The third-order valence-corrected chi connectivity index (χ3v) is 11.9. The Morgan fingerprint density at radius 2 is 1.79 bits per heavy atom. The van der Waals surface area contributed by atoms with Gasteiger partial charge >= 0.3 is 5.97 Å². The first-order chi connectivity index (χ1) is 18.2. The molecule has 6 unspecified atom stereocenters. The number of amides is 4. The summed E-state index contributed by atoms with van der Waals surface area (Å²) >= 11 is 21.1. The van der Waals surface area contributed by atoms with Gasteiger partial charge in [-0.2, -0.15) is 0 Å². The summed E-state index contributed by atoms with van der Waals surface area (Å²) in [4.78, 5) is 62.9. The van der Waals surface area contributed by atoms with Crippen molar-refractivity contribution in [2.75, 3.05) is 20.7 Å². The number of carbonyl (C=O) groups excluding carboxylic acids is 4. The molecule has 2 saturated heterocycles. The minimum absolute atomic E-state index is 0.0639. The van der Waals surface area contributed by atoms with Crippen molar-refractivity contribution in [1.29, 1.82) is 0 Å². The highest BCUT2D eigenvalue weighted by Crippen LogP contribution is 2.66. The fourth-order valence-electron chi connectivity index (χ4n) is 6.56. The number of allylic oxidation sites excluding steroid dienone is 2. The molecule has 1 aromatic carbocycles. The Hall–Kier alpha value is -2.15. The number of hydrogen-bond acceptors (Lipinski definition) is 7. The highest BCUT2D eigenvalue weighted by atomic mass is 79.9. The molecule has 0 bridgehead atoms. The third kappa shape index (κ3) is 3.67. The summed E-state index contributed by atoms with van der Waals surface area (Å²) in [5.74, 6) is -7.26. The van der Waals surface area contributed by atoms with Crippen molar-refractivity contribution in [1.82, 2.24) is 9.80 Å². The van der Waals surface area contributed by atoms with Gasteiger partial charge in [-0.15, -0.1) is 23.2 Å². The molecule has 4 amide bonds. The van der Waals surface area contributed by atoms with Gasteiger partial charge in [-0.1, -0.05) is 11.6 Å². The number of carbonyl (C=O) groups is 5. The van der Waals surface area contributed by atoms with Crippen LogP contribution >= 0.6 is 55.1 Å². The maximum absolute atomic E-state index is 13.7. The van der Waals surface area contributed by atoms with E-state index in [0.717, 1.165) is 9.80 Å². The number of rotatable bonds is 5. The van der Waals surface area contributed by atoms with Crippen LogP contribution in [0.2, 0.25) is 0 Å². The summed E-state index contributed by atoms with van der Waals surface area (Å²) in [5.41, 5.74) is 0.933. The molecular weight excluding hydrogens is 687 g/mol. The molecule has 14 heteroatoms. The Bertz CT molecular complexity index is 1400. The van der Waals surface area contributed by atoms with E-state index in [2.05, 4.69) is 31.9 Å². The predicted octanol–water partition coefficient (Wildman–Crippen LogP) is 3.39. The Morgan fingerprint density at radius 1 is 1.13 bits per heavy atom. The lowest BCUT2D eigenvalue weighted by Crippen LogP contribution is -2.60. The molecule has 3 fully saturated rings. The van der Waals surface area contributed by atoms with Gasteiger partial charge in [0.05, 0.1) is 29.8 Å². The van der Waals surface area contributed by atoms with E-state index in [0.29, 0.717) is 15.6 Å². The molecule has 1 saturated carbocycles. The second-order valence-electron chi connectivity index (χ2n) is 10.1. The van der Waals surface area contributed by atoms with Crippen molar-refractivity contribution in [3.05, 3.63) is 32.2 Å². The second kappa shape index (κ2) is 9.46. The van der Waals surface area contributed by atoms with Crippen LogP contribution in [-0.4, -0.2) is 80.1 Å². The van der Waals surface area contributed by atoms with Crippen LogP contribution in [0.25, 0.3) is 0 Å². The maximum atomic E-state index is 13.7. The summed E-state index contributed by atoms with van der Waals surface area (Å²) in [7, 11) is 2.64. The third-order valence-electron chi connectivity index (χ3n) is 8.36. The number of carboxylic acids is 1. The first kappa shape index (κ1) is 28.4. The van der Waals surface area contributed by atoms with Gasteiger partial charge in [0, 0.05) is 24.0 Å². The van der Waals surface area contributed by atoms with Crippen LogP contribution in [0.5, 0.6) is 11.5 Å². The fourth-order valence-corrected chi connectivity index (χ4v) is 8.53. The molecule has 2 heterocycles. The quantitative estimate of drug-likeness (QED) is 0.270. The number of carboxylic acid groups (broad SMARTS) is 1. The number of phenols is 1. The summed E-state index contributed by atoms with van der Waals surface area (Å²) in [6, 6.07) is 1.49. The van der Waals surface area contributed by atoms with Crippen molar-refractivity contribution in [3.8, 4) is 11.5 Å². The van der Waals surface area contributed by atoms with Gasteiger partial charge in [-0.05, 0) is 62.2 Å². The van der Waals surface area contributed by atoms with Crippen LogP contribution in [0.1, 0.15) is 30.7 Å². The Kier molecular flexibility index (Phi) is 6.88. The van der Waals surface area contributed by atoms with Gasteiger partial charge in [0.2, 0.25) is 11.8 Å². The molecule has 0 radical (unpaired) electrons. The highest BCUT2D eigenvalue weighted by molar-refractivity contribution is 9.13. The molecule has 2 aliphatic heterocycles. The number of ether oxygens (including phenoxy) is 1. The lowest BCUT2D eigenvalue weighted by Gasteiger charge is -2.51. The Labute approximate surface area is 249 Å². The largest absolute Gasteiger partial charge is 0.503 e. The van der Waals surface area contributed by atoms with Crippen LogP contribution in [0.4, 0.5) is 0 Å². The number of benzene rings is 1. The normalized spacial score (nSPS) is 33.6. The van der Waals surface area contributed by atoms with E-state index in [1.165, 1.54) is 20.2 Å². The van der Waals surface area contributed by atoms with E-state index in [-0.39, 0.29) is 35.4 Å². The molecule has 2 N–H and O–H groups in total. The van der Waals surface area contributed by atoms with Crippen molar-refractivity contribution in [3.63, 3.8) is 0 Å². The van der Waals surface area contributed by atoms with Crippen LogP contribution < -0.4 is 4.74 Å². The molecule has 208 valence electrons. The summed E-state index contributed by atoms with van der Waals surface area (Å²) in [6.45, 7) is -0.273. The molecule has 39 heavy (non-hydrogen) atoms. The fraction of sp³-hybridized carbons (Fsp3) is 0.480. The molecular formula is C25H22Br2Cl2N2O8. The van der Waals surface area contributed by atoms with Crippen LogP contribution in [0.3, 0.4) is 0 Å². The van der Waals surface area contributed by atoms with E-state index in [1.54, 1.807) is 6.08 Å². The van der Waals surface area contributed by atoms with Gasteiger partial charge in [-0.25, -0.2) is 0 Å². The SMILES string of the molecule is COc1cc(C2C3=CCC4C(=O)N(CCC(=O)O)C(=O)C4C3CC3(Cl)C(=O)N(C)C(=O)C23Cl)c(Br)c(Br)c1O. The predicted molar refractivity (Wildman–Crippen MR) is 145 cm³/mol. The standard InChI is InChI=1S/C25H22Br2Cl2N2O8/c1-30-22(37)24(28)8-12-9(3-4-10-15(12)21(36)31(20(10)35)6-5-14(32)33)16(25(24,29)23(30)38)11-7-13(39-2)19(34)18(27)17(11)26/h3,7,10,12,15-16,34H,4-6,8H2,1-2H3,(H,32,33). The zero-order valence-corrected chi connectivity index (χ0v) is 25.2. The Balaban J connectivity index is 1.72. The molecule has 10 nitrogen and oxygen atoms in total. The minimum atomic E-state index is -2.01. The molecule has 6 atom stereocenters. The number of hydrogen-bond donors (Lipinski definition) is 2. The number of phenolic OH excluding ortho intramolecular Hbond substituents is 1. The number of aromatic hydroxyl groups is 1. The smallest absolute Gasteiger partial charge is 0.305 e. The molecule has 4 aliphatic rings. The average Bonchev–Trinajstić information content (AvgIpc) is 3.21. The second-order valence-corrected chi connectivity index (χ2v) is 12.9. The number of fused-ring (bicyclic) bond motifs is 4. The first-order valence-corrected chi connectivity index (χ1v) is 14.3. The molecule has 5 rings (SSSR count). The van der Waals surface area contributed by atoms with Crippen molar-refractivity contribution >= 4 is 84.7 Å². The molecule has 0 aromatic heterocycles. The van der Waals surface area contributed by atoms with Crippen molar-refractivity contribution < 1.29 is 38.9 Å². The van der Waals surface area contributed by atoms with E-state index in [1.807, 2.05) is 0 Å². The maximum Gasteiger partial charge on any atom is 0.305 e. The van der Waals surface area contributed by atoms with Crippen molar-refractivity contribution in [2.24, 2.45) is 17.8 Å². The number of likely N-dealkylation sites (tertiary alicyclic amines) is 2. The molecule has 1 aromatic rings.